The lowest BCUT2D eigenvalue weighted by Gasteiger charge is -2.30. The number of hydrogen-bond acceptors (Lipinski definition) is 4. The molecule has 1 heterocycles. The zero-order chi connectivity index (χ0) is 15.6. The molecule has 0 unspecified atom stereocenters. The third-order valence-corrected chi connectivity index (χ3v) is 5.85. The fraction of sp³-hybridized carbons (Fsp3) is 0.500. The predicted octanol–water partition coefficient (Wildman–Crippen LogP) is 1.07. The fourth-order valence-corrected chi connectivity index (χ4v) is 3.97. The molecule has 2 rings (SSSR count). The summed E-state index contributed by atoms with van der Waals surface area (Å²) < 4.78 is 26.6. The van der Waals surface area contributed by atoms with Crippen LogP contribution in [0.4, 0.5) is 0 Å². The van der Waals surface area contributed by atoms with Crippen LogP contribution in [0.25, 0.3) is 0 Å². The SMILES string of the molecule is Cc1ccc(S(=O)(=O)N(C)C2CCNCC2)cc1C(=O)O. The number of benzene rings is 1. The van der Waals surface area contributed by atoms with E-state index < -0.39 is 16.0 Å². The molecule has 1 aliphatic heterocycles. The average Bonchev–Trinajstić information content (AvgIpc) is 2.47. The van der Waals surface area contributed by atoms with Gasteiger partial charge in [0, 0.05) is 13.1 Å². The van der Waals surface area contributed by atoms with Crippen molar-refractivity contribution in [2.24, 2.45) is 0 Å². The monoisotopic (exact) mass is 312 g/mol. The van der Waals surface area contributed by atoms with E-state index in [0.717, 1.165) is 25.9 Å². The van der Waals surface area contributed by atoms with Crippen molar-refractivity contribution >= 4 is 16.0 Å². The van der Waals surface area contributed by atoms with Crippen molar-refractivity contribution in [3.05, 3.63) is 29.3 Å². The van der Waals surface area contributed by atoms with Crippen LogP contribution in [0.15, 0.2) is 23.1 Å². The Hall–Kier alpha value is -1.44. The Morgan fingerprint density at radius 3 is 2.52 bits per heavy atom. The van der Waals surface area contributed by atoms with Crippen LogP contribution in [-0.4, -0.2) is 50.0 Å². The van der Waals surface area contributed by atoms with E-state index in [4.69, 9.17) is 5.11 Å². The number of hydrogen-bond donors (Lipinski definition) is 2. The number of carboxylic acids is 1. The van der Waals surface area contributed by atoms with E-state index in [-0.39, 0.29) is 16.5 Å². The molecule has 2 N–H and O–H groups in total. The van der Waals surface area contributed by atoms with Crippen molar-refractivity contribution in [2.45, 2.75) is 30.7 Å². The molecule has 0 saturated carbocycles. The maximum Gasteiger partial charge on any atom is 0.335 e. The van der Waals surface area contributed by atoms with Gasteiger partial charge in [-0.15, -0.1) is 0 Å². The highest BCUT2D eigenvalue weighted by Gasteiger charge is 2.29. The summed E-state index contributed by atoms with van der Waals surface area (Å²) in [6.45, 7) is 3.23. The number of aryl methyl sites for hydroxylation is 1. The number of carboxylic acid groups (broad SMARTS) is 1. The van der Waals surface area contributed by atoms with Crippen LogP contribution in [0.3, 0.4) is 0 Å². The van der Waals surface area contributed by atoms with Crippen LogP contribution < -0.4 is 5.32 Å². The highest BCUT2D eigenvalue weighted by molar-refractivity contribution is 7.89. The molecule has 1 aromatic rings. The van der Waals surface area contributed by atoms with E-state index in [1.165, 1.54) is 22.5 Å². The Morgan fingerprint density at radius 2 is 1.95 bits per heavy atom. The molecule has 6 nitrogen and oxygen atoms in total. The van der Waals surface area contributed by atoms with Crippen molar-refractivity contribution in [1.29, 1.82) is 0 Å². The fourth-order valence-electron chi connectivity index (χ4n) is 2.52. The third-order valence-electron chi connectivity index (χ3n) is 3.94. The Kier molecular flexibility index (Phi) is 4.65. The van der Waals surface area contributed by atoms with E-state index >= 15 is 0 Å². The summed E-state index contributed by atoms with van der Waals surface area (Å²) in [6, 6.07) is 4.19. The van der Waals surface area contributed by atoms with Gasteiger partial charge in [-0.1, -0.05) is 6.07 Å². The average molecular weight is 312 g/mol. The molecule has 0 aliphatic carbocycles. The number of nitrogens with zero attached hydrogens (tertiary/aromatic N) is 1. The van der Waals surface area contributed by atoms with Crippen LogP contribution in [0.1, 0.15) is 28.8 Å². The van der Waals surface area contributed by atoms with Gasteiger partial charge < -0.3 is 10.4 Å². The molecule has 0 spiro atoms. The quantitative estimate of drug-likeness (QED) is 0.868. The van der Waals surface area contributed by atoms with E-state index in [1.807, 2.05) is 0 Å². The summed E-state index contributed by atoms with van der Waals surface area (Å²) in [6.07, 6.45) is 1.51. The van der Waals surface area contributed by atoms with Gasteiger partial charge in [0.15, 0.2) is 0 Å². The topological polar surface area (TPSA) is 86.7 Å². The minimum absolute atomic E-state index is 0.0229. The first kappa shape index (κ1) is 15.9. The first-order chi connectivity index (χ1) is 9.84. The highest BCUT2D eigenvalue weighted by atomic mass is 32.2. The Balaban J connectivity index is 2.34. The normalized spacial score (nSPS) is 17.1. The van der Waals surface area contributed by atoms with E-state index in [0.29, 0.717) is 5.56 Å². The van der Waals surface area contributed by atoms with Crippen molar-refractivity contribution in [1.82, 2.24) is 9.62 Å². The second kappa shape index (κ2) is 6.13. The standard InChI is InChI=1S/C14H20N2O4S/c1-10-3-4-12(9-13(10)14(17)18)21(19,20)16(2)11-5-7-15-8-6-11/h3-4,9,11,15H,5-8H2,1-2H3,(H,17,18). The Bertz CT molecular complexity index is 636. The molecule has 1 aliphatic rings. The van der Waals surface area contributed by atoms with Crippen molar-refractivity contribution in [3.8, 4) is 0 Å². The van der Waals surface area contributed by atoms with Gasteiger partial charge in [0.25, 0.3) is 0 Å². The van der Waals surface area contributed by atoms with Crippen LogP contribution in [0, 0.1) is 6.92 Å². The van der Waals surface area contributed by atoms with Crippen LogP contribution in [0.5, 0.6) is 0 Å². The molecular formula is C14H20N2O4S. The van der Waals surface area contributed by atoms with Crippen LogP contribution >= 0.6 is 0 Å². The highest BCUT2D eigenvalue weighted by Crippen LogP contribution is 2.23. The molecule has 0 radical (unpaired) electrons. The van der Waals surface area contributed by atoms with Gasteiger partial charge in [0.1, 0.15) is 0 Å². The van der Waals surface area contributed by atoms with Gasteiger partial charge in [-0.2, -0.15) is 4.31 Å². The molecule has 116 valence electrons. The lowest BCUT2D eigenvalue weighted by molar-refractivity contribution is 0.0696. The maximum atomic E-state index is 12.6. The number of piperidine rings is 1. The summed E-state index contributed by atoms with van der Waals surface area (Å²) in [4.78, 5) is 11.2. The lowest BCUT2D eigenvalue weighted by Crippen LogP contribution is -2.43. The van der Waals surface area contributed by atoms with Crippen molar-refractivity contribution < 1.29 is 18.3 Å². The Labute approximate surface area is 124 Å². The van der Waals surface area contributed by atoms with E-state index in [2.05, 4.69) is 5.32 Å². The molecule has 0 aromatic heterocycles. The second-order valence-corrected chi connectivity index (χ2v) is 7.28. The van der Waals surface area contributed by atoms with E-state index in [1.54, 1.807) is 14.0 Å². The second-order valence-electron chi connectivity index (χ2n) is 5.28. The number of rotatable bonds is 4. The smallest absolute Gasteiger partial charge is 0.335 e. The van der Waals surface area contributed by atoms with Crippen molar-refractivity contribution in [3.63, 3.8) is 0 Å². The molecule has 0 amide bonds. The third kappa shape index (κ3) is 3.25. The van der Waals surface area contributed by atoms with Crippen LogP contribution in [0.2, 0.25) is 0 Å². The minimum Gasteiger partial charge on any atom is -0.478 e. The zero-order valence-corrected chi connectivity index (χ0v) is 13.0. The largest absolute Gasteiger partial charge is 0.478 e. The summed E-state index contributed by atoms with van der Waals surface area (Å²) in [7, 11) is -2.11. The first-order valence-corrected chi connectivity index (χ1v) is 8.30. The molecule has 0 atom stereocenters. The summed E-state index contributed by atoms with van der Waals surface area (Å²) in [5.41, 5.74) is 0.570. The zero-order valence-electron chi connectivity index (χ0n) is 12.2. The number of aromatic carboxylic acids is 1. The number of carbonyl (C=O) groups is 1. The number of sulfonamides is 1. The summed E-state index contributed by atoms with van der Waals surface area (Å²) in [5, 5.41) is 12.3. The number of nitrogens with one attached hydrogen (secondary N) is 1. The molecule has 21 heavy (non-hydrogen) atoms. The summed E-state index contributed by atoms with van der Waals surface area (Å²) in [5.74, 6) is -1.12. The molecule has 1 aromatic carbocycles. The van der Waals surface area contributed by atoms with Crippen LogP contribution in [-0.2, 0) is 10.0 Å². The molecule has 1 fully saturated rings. The molecule has 0 bridgehead atoms. The molecule has 1 saturated heterocycles. The minimum atomic E-state index is -3.67. The summed E-state index contributed by atoms with van der Waals surface area (Å²) >= 11 is 0. The van der Waals surface area contributed by atoms with Gasteiger partial charge in [0.2, 0.25) is 10.0 Å². The van der Waals surface area contributed by atoms with Gasteiger partial charge in [-0.3, -0.25) is 0 Å². The van der Waals surface area contributed by atoms with Gasteiger partial charge >= 0.3 is 5.97 Å². The van der Waals surface area contributed by atoms with E-state index in [9.17, 15) is 13.2 Å². The predicted molar refractivity (Wildman–Crippen MR) is 79.0 cm³/mol. The molecular weight excluding hydrogens is 292 g/mol. The first-order valence-electron chi connectivity index (χ1n) is 6.86. The van der Waals surface area contributed by atoms with Gasteiger partial charge in [0.05, 0.1) is 10.5 Å². The van der Waals surface area contributed by atoms with Gasteiger partial charge in [-0.05, 0) is 50.6 Å². The van der Waals surface area contributed by atoms with Crippen molar-refractivity contribution in [2.75, 3.05) is 20.1 Å². The maximum absolute atomic E-state index is 12.6. The van der Waals surface area contributed by atoms with Gasteiger partial charge in [-0.25, -0.2) is 13.2 Å². The molecule has 7 heteroatoms. The Morgan fingerprint density at radius 1 is 1.33 bits per heavy atom. The lowest BCUT2D eigenvalue weighted by atomic mass is 10.1.